The molecule has 2 heterocycles. The van der Waals surface area contributed by atoms with Gasteiger partial charge in [0, 0.05) is 12.8 Å². The summed E-state index contributed by atoms with van der Waals surface area (Å²) in [6.45, 7) is 0. The van der Waals surface area contributed by atoms with Gasteiger partial charge in [-0.1, -0.05) is 0 Å². The molecule has 232 valence electrons. The van der Waals surface area contributed by atoms with E-state index in [-0.39, 0.29) is 41.9 Å². The monoisotopic (exact) mass is 608 g/mol. The first-order valence-corrected chi connectivity index (χ1v) is 11.9. The van der Waals surface area contributed by atoms with Crippen molar-refractivity contribution in [1.82, 2.24) is 45.9 Å². The predicted molar refractivity (Wildman–Crippen MR) is 141 cm³/mol. The fraction of sp³-hybridized carbons (Fsp3) is 0.400. The van der Waals surface area contributed by atoms with Gasteiger partial charge in [-0.3, -0.25) is 24.0 Å². The number of nitrogens with one attached hydrogen (secondary N) is 3. The van der Waals surface area contributed by atoms with E-state index in [9.17, 15) is 39.0 Å². The molecule has 0 aliphatic rings. The number of carbonyl (C=O) groups excluding carboxylic acids is 3. The van der Waals surface area contributed by atoms with Gasteiger partial charge in [0.2, 0.25) is 41.5 Å². The molecule has 4 atom stereocenters. The zero-order valence-electron chi connectivity index (χ0n) is 22.0. The van der Waals surface area contributed by atoms with Crippen LogP contribution in [0, 0.1) is 0 Å². The summed E-state index contributed by atoms with van der Waals surface area (Å²) in [7, 11) is 0. The highest BCUT2D eigenvalue weighted by Gasteiger charge is 2.33. The molecule has 23 heteroatoms. The number of carboxylic acids is 3. The summed E-state index contributed by atoms with van der Waals surface area (Å²) in [4.78, 5) is 95.0. The highest BCUT2D eigenvalue weighted by molar-refractivity contribution is 5.96. The molecule has 0 aliphatic heterocycles. The first kappa shape index (κ1) is 33.2. The minimum atomic E-state index is -1.93. The van der Waals surface area contributed by atoms with Gasteiger partial charge in [0.1, 0.15) is 29.8 Å². The summed E-state index contributed by atoms with van der Waals surface area (Å²) < 4.78 is 0. The summed E-state index contributed by atoms with van der Waals surface area (Å²) in [6.07, 6.45) is -2.98. The van der Waals surface area contributed by atoms with E-state index in [1.54, 1.807) is 0 Å². The summed E-state index contributed by atoms with van der Waals surface area (Å²) >= 11 is 0. The zero-order valence-corrected chi connectivity index (χ0v) is 22.0. The number of amides is 3. The molecule has 0 saturated carbocycles. The van der Waals surface area contributed by atoms with Crippen molar-refractivity contribution >= 4 is 59.4 Å². The summed E-state index contributed by atoms with van der Waals surface area (Å²) in [5.41, 5.74) is 27.8. The molecule has 3 amide bonds. The second-order valence-electron chi connectivity index (χ2n) is 8.67. The number of aliphatic carboxylic acids is 3. The molecule has 0 radical (unpaired) electrons. The Balaban J connectivity index is 2.29. The number of carbonyl (C=O) groups is 6. The van der Waals surface area contributed by atoms with Crippen molar-refractivity contribution in [2.45, 2.75) is 49.9 Å². The first-order valence-electron chi connectivity index (χ1n) is 11.9. The molecule has 0 spiro atoms. The average molecular weight is 609 g/mol. The van der Waals surface area contributed by atoms with Gasteiger partial charge in [0.15, 0.2) is 0 Å². The first-order chi connectivity index (χ1) is 20.0. The molecular formula is C20H28N14O9. The van der Waals surface area contributed by atoms with E-state index in [1.807, 2.05) is 5.32 Å². The Labute approximate surface area is 240 Å². The summed E-state index contributed by atoms with van der Waals surface area (Å²) in [5, 5.41) is 33.8. The Bertz CT molecular complexity index is 1370. The fourth-order valence-corrected chi connectivity index (χ4v) is 3.36. The van der Waals surface area contributed by atoms with Crippen LogP contribution in [0.15, 0.2) is 0 Å². The summed E-state index contributed by atoms with van der Waals surface area (Å²) in [6, 6.07) is -6.96. The van der Waals surface area contributed by atoms with Crippen molar-refractivity contribution in [3.8, 4) is 0 Å². The quantitative estimate of drug-likeness (QED) is 0.0895. The number of anilines is 4. The third kappa shape index (κ3) is 10.8. The van der Waals surface area contributed by atoms with Gasteiger partial charge in [-0.05, 0) is 0 Å². The third-order valence-corrected chi connectivity index (χ3v) is 5.20. The van der Waals surface area contributed by atoms with Crippen molar-refractivity contribution < 1.29 is 44.1 Å². The Kier molecular flexibility index (Phi) is 11.3. The number of carboxylic acid groups (broad SMARTS) is 3. The lowest BCUT2D eigenvalue weighted by atomic mass is 10.1. The van der Waals surface area contributed by atoms with E-state index in [1.165, 1.54) is 0 Å². The minimum absolute atomic E-state index is 0.0751. The van der Waals surface area contributed by atoms with Gasteiger partial charge in [-0.2, -0.15) is 29.9 Å². The molecular weight excluding hydrogens is 580 g/mol. The third-order valence-electron chi connectivity index (χ3n) is 5.20. The van der Waals surface area contributed by atoms with E-state index in [0.29, 0.717) is 0 Å². The van der Waals surface area contributed by atoms with Crippen LogP contribution < -0.4 is 44.6 Å². The van der Waals surface area contributed by atoms with Gasteiger partial charge < -0.3 is 59.9 Å². The Morgan fingerprint density at radius 2 is 0.930 bits per heavy atom. The van der Waals surface area contributed by atoms with E-state index < -0.39 is 79.1 Å². The molecule has 16 N–H and O–H groups in total. The zero-order chi connectivity index (χ0) is 32.4. The average Bonchev–Trinajstić information content (AvgIpc) is 2.85. The maximum absolute atomic E-state index is 13.1. The van der Waals surface area contributed by atoms with Gasteiger partial charge in [-0.15, -0.1) is 0 Å². The Morgan fingerprint density at radius 3 is 1.37 bits per heavy atom. The lowest BCUT2D eigenvalue weighted by molar-refractivity contribution is -0.147. The number of rotatable bonds is 15. The number of hydrogen-bond donors (Lipinski definition) is 11. The number of aromatic nitrogens is 6. The second-order valence-corrected chi connectivity index (χ2v) is 8.67. The molecule has 0 saturated heterocycles. The lowest BCUT2D eigenvalue weighted by Crippen LogP contribution is -2.58. The topological polar surface area (TPSA) is 407 Å². The maximum Gasteiger partial charge on any atom is 0.326 e. The van der Waals surface area contributed by atoms with Crippen molar-refractivity contribution in [2.75, 3.05) is 22.9 Å². The van der Waals surface area contributed by atoms with Gasteiger partial charge >= 0.3 is 17.9 Å². The van der Waals surface area contributed by atoms with Crippen LogP contribution in [0.3, 0.4) is 0 Å². The van der Waals surface area contributed by atoms with Gasteiger partial charge in [0.05, 0.1) is 18.9 Å². The number of nitrogens with zero attached hydrogens (tertiary/aromatic N) is 6. The van der Waals surface area contributed by atoms with Crippen LogP contribution in [0.25, 0.3) is 0 Å². The van der Waals surface area contributed by atoms with Crippen molar-refractivity contribution in [2.24, 2.45) is 5.73 Å². The smallest absolute Gasteiger partial charge is 0.326 e. The fourth-order valence-electron chi connectivity index (χ4n) is 3.36. The normalized spacial score (nSPS) is 13.5. The maximum atomic E-state index is 13.1. The van der Waals surface area contributed by atoms with E-state index in [4.69, 9.17) is 33.8 Å². The van der Waals surface area contributed by atoms with E-state index in [0.717, 1.165) is 0 Å². The molecule has 2 aromatic heterocycles. The van der Waals surface area contributed by atoms with E-state index in [2.05, 4.69) is 40.5 Å². The van der Waals surface area contributed by atoms with Gasteiger partial charge in [0.25, 0.3) is 0 Å². The van der Waals surface area contributed by atoms with Gasteiger partial charge in [-0.25, -0.2) is 4.79 Å². The lowest BCUT2D eigenvalue weighted by Gasteiger charge is -2.24. The van der Waals surface area contributed by atoms with Crippen LogP contribution in [0.5, 0.6) is 0 Å². The standard InChI is InChI=1S/C20H28N14O9/c21-5(1-9-29-17(22)33-18(23)30-9)13(39)26-7(3-11(35)36)15(41)27-6(2-10-31-19(24)34-20(25)32-10)14(40)28-8(16(42)43)4-12(37)38/h5-8H,1-4,21H2,(H,26,39)(H,27,41)(H,28,40)(H,35,36)(H,37,38)(H,42,43)(H4,22,23,29,30,33)(H4,24,25,31,32,34)/t5-,6-,7-,8-/m0/s1. The van der Waals surface area contributed by atoms with Crippen LogP contribution in [0.2, 0.25) is 0 Å². The highest BCUT2D eigenvalue weighted by Crippen LogP contribution is 2.07. The van der Waals surface area contributed by atoms with E-state index >= 15 is 0 Å². The Morgan fingerprint density at radius 1 is 0.558 bits per heavy atom. The molecule has 2 aromatic rings. The van der Waals surface area contributed by atoms with Crippen molar-refractivity contribution in [3.05, 3.63) is 11.6 Å². The minimum Gasteiger partial charge on any atom is -0.481 e. The molecule has 0 unspecified atom stereocenters. The number of nitrogen functional groups attached to an aromatic ring is 4. The van der Waals surface area contributed by atoms with Crippen molar-refractivity contribution in [3.63, 3.8) is 0 Å². The predicted octanol–water partition coefficient (Wildman–Crippen LogP) is -6.01. The molecule has 2 rings (SSSR count). The molecule has 0 bridgehead atoms. The molecule has 0 fully saturated rings. The Hall–Kier alpha value is -6.00. The van der Waals surface area contributed by atoms with Crippen molar-refractivity contribution in [1.29, 1.82) is 0 Å². The molecule has 23 nitrogen and oxygen atoms in total. The number of hydrogen-bond acceptors (Lipinski definition) is 17. The van der Waals surface area contributed by atoms with Crippen LogP contribution in [0.4, 0.5) is 23.8 Å². The number of nitrogens with two attached hydrogens (primary N) is 5. The second kappa shape index (κ2) is 14.6. The molecule has 43 heavy (non-hydrogen) atoms. The van der Waals surface area contributed by atoms with Crippen LogP contribution in [-0.4, -0.2) is 105 Å². The summed E-state index contributed by atoms with van der Waals surface area (Å²) in [5.74, 6) is -9.89. The molecule has 0 aromatic carbocycles. The largest absolute Gasteiger partial charge is 0.481 e. The van der Waals surface area contributed by atoms with Crippen LogP contribution in [-0.2, 0) is 41.6 Å². The SMILES string of the molecule is Nc1nc(N)nc(C[C@H](NC(=O)[C@H](CC(=O)O)NC(=O)[C@@H](N)Cc2nc(N)nc(N)n2)C(=O)N[C@@H](CC(=O)O)C(=O)O)n1. The van der Waals surface area contributed by atoms with Crippen LogP contribution >= 0.6 is 0 Å². The van der Waals surface area contributed by atoms with Crippen LogP contribution in [0.1, 0.15) is 24.5 Å². The molecule has 0 aliphatic carbocycles. The highest BCUT2D eigenvalue weighted by atomic mass is 16.4.